The molecule has 0 spiro atoms. The van der Waals surface area contributed by atoms with E-state index >= 15 is 0 Å². The third-order valence-corrected chi connectivity index (χ3v) is 5.81. The minimum absolute atomic E-state index is 0.0136. The Labute approximate surface area is 142 Å². The average molecular weight is 337 g/mol. The van der Waals surface area contributed by atoms with Gasteiger partial charge in [0.2, 0.25) is 0 Å². The summed E-state index contributed by atoms with van der Waals surface area (Å²) in [6.45, 7) is 3.80. The minimum atomic E-state index is 0.0136. The van der Waals surface area contributed by atoms with Crippen molar-refractivity contribution in [1.29, 1.82) is 0 Å². The summed E-state index contributed by atoms with van der Waals surface area (Å²) < 4.78 is 0. The van der Waals surface area contributed by atoms with Crippen LogP contribution in [0, 0.1) is 5.41 Å². The highest BCUT2D eigenvalue weighted by Crippen LogP contribution is 2.41. The monoisotopic (exact) mass is 336 g/mol. The third kappa shape index (κ3) is 3.64. The number of aliphatic hydroxyl groups is 1. The van der Waals surface area contributed by atoms with Crippen LogP contribution in [0.15, 0.2) is 24.3 Å². The number of rotatable bonds is 4. The van der Waals surface area contributed by atoms with E-state index in [-0.39, 0.29) is 24.1 Å². The molecule has 2 amide bonds. The van der Waals surface area contributed by atoms with Crippen LogP contribution in [-0.4, -0.2) is 41.8 Å². The zero-order valence-corrected chi connectivity index (χ0v) is 14.4. The average Bonchev–Trinajstić information content (AvgIpc) is 3.34. The van der Waals surface area contributed by atoms with Gasteiger partial charge in [-0.1, -0.05) is 30.7 Å². The van der Waals surface area contributed by atoms with E-state index in [0.717, 1.165) is 43.8 Å². The molecule has 1 heterocycles. The van der Waals surface area contributed by atoms with Crippen molar-refractivity contribution in [3.63, 3.8) is 0 Å². The van der Waals surface area contributed by atoms with Gasteiger partial charge in [-0.05, 0) is 48.8 Å². The number of halogens is 1. The van der Waals surface area contributed by atoms with Crippen LogP contribution in [0.2, 0.25) is 5.02 Å². The van der Waals surface area contributed by atoms with E-state index in [2.05, 4.69) is 18.3 Å². The molecule has 23 heavy (non-hydrogen) atoms. The van der Waals surface area contributed by atoms with E-state index in [9.17, 15) is 9.90 Å². The van der Waals surface area contributed by atoms with Crippen LogP contribution in [0.4, 0.5) is 4.79 Å². The molecule has 4 nitrogen and oxygen atoms in total. The maximum absolute atomic E-state index is 12.4. The highest BCUT2D eigenvalue weighted by atomic mass is 35.5. The summed E-state index contributed by atoms with van der Waals surface area (Å²) >= 11 is 6.03. The fourth-order valence-electron chi connectivity index (χ4n) is 3.52. The van der Waals surface area contributed by atoms with E-state index in [1.165, 1.54) is 5.56 Å². The second-order valence-corrected chi connectivity index (χ2v) is 7.39. The molecule has 5 heteroatoms. The SMILES string of the molecule is CCC1(CO)CCN(C(=O)NC2CC2c2cccc(Cl)c2)CC1. The lowest BCUT2D eigenvalue weighted by Gasteiger charge is -2.40. The lowest BCUT2D eigenvalue weighted by molar-refractivity contribution is 0.0519. The van der Waals surface area contributed by atoms with Crippen LogP contribution < -0.4 is 5.32 Å². The first-order valence-corrected chi connectivity index (χ1v) is 8.86. The summed E-state index contributed by atoms with van der Waals surface area (Å²) in [5.74, 6) is 0.384. The molecule has 1 aliphatic carbocycles. The van der Waals surface area contributed by atoms with Gasteiger partial charge in [-0.25, -0.2) is 4.79 Å². The molecule has 2 N–H and O–H groups in total. The summed E-state index contributed by atoms with van der Waals surface area (Å²) in [5.41, 5.74) is 1.21. The zero-order chi connectivity index (χ0) is 16.4. The second-order valence-electron chi connectivity index (χ2n) is 6.95. The lowest BCUT2D eigenvalue weighted by atomic mass is 9.77. The van der Waals surface area contributed by atoms with Gasteiger partial charge in [0.05, 0.1) is 0 Å². The number of nitrogens with one attached hydrogen (secondary N) is 1. The van der Waals surface area contributed by atoms with E-state index < -0.39 is 0 Å². The minimum Gasteiger partial charge on any atom is -0.396 e. The van der Waals surface area contributed by atoms with Crippen LogP contribution >= 0.6 is 11.6 Å². The van der Waals surface area contributed by atoms with Gasteiger partial charge < -0.3 is 15.3 Å². The van der Waals surface area contributed by atoms with E-state index in [1.807, 2.05) is 23.1 Å². The fourth-order valence-corrected chi connectivity index (χ4v) is 3.72. The van der Waals surface area contributed by atoms with Crippen molar-refractivity contribution in [1.82, 2.24) is 10.2 Å². The first-order chi connectivity index (χ1) is 11.1. The molecule has 2 unspecified atom stereocenters. The number of urea groups is 1. The molecule has 2 fully saturated rings. The first kappa shape index (κ1) is 16.6. The van der Waals surface area contributed by atoms with Crippen molar-refractivity contribution in [2.24, 2.45) is 5.41 Å². The number of benzene rings is 1. The van der Waals surface area contributed by atoms with Gasteiger partial charge >= 0.3 is 6.03 Å². The van der Waals surface area contributed by atoms with Crippen LogP contribution in [0.1, 0.15) is 44.1 Å². The highest BCUT2D eigenvalue weighted by Gasteiger charge is 2.41. The van der Waals surface area contributed by atoms with Crippen molar-refractivity contribution >= 4 is 17.6 Å². The van der Waals surface area contributed by atoms with Gasteiger partial charge in [-0.3, -0.25) is 0 Å². The lowest BCUT2D eigenvalue weighted by Crippen LogP contribution is -2.48. The normalized spacial score (nSPS) is 26.0. The molecular weight excluding hydrogens is 312 g/mol. The van der Waals surface area contributed by atoms with Crippen LogP contribution in [0.5, 0.6) is 0 Å². The van der Waals surface area contributed by atoms with Crippen molar-refractivity contribution < 1.29 is 9.90 Å². The summed E-state index contributed by atoms with van der Waals surface area (Å²) in [6.07, 6.45) is 3.72. The molecule has 2 atom stereocenters. The Bertz CT molecular complexity index is 564. The molecular formula is C18H25ClN2O2. The Morgan fingerprint density at radius 1 is 1.43 bits per heavy atom. The smallest absolute Gasteiger partial charge is 0.317 e. The molecule has 0 radical (unpaired) electrons. The molecule has 1 saturated heterocycles. The largest absolute Gasteiger partial charge is 0.396 e. The molecule has 1 aromatic rings. The van der Waals surface area contributed by atoms with E-state index in [1.54, 1.807) is 0 Å². The molecule has 1 aliphatic heterocycles. The van der Waals surface area contributed by atoms with Crippen molar-refractivity contribution in [3.05, 3.63) is 34.9 Å². The maximum Gasteiger partial charge on any atom is 0.317 e. The molecule has 3 rings (SSSR count). The van der Waals surface area contributed by atoms with Gasteiger partial charge in [0.15, 0.2) is 0 Å². The summed E-state index contributed by atoms with van der Waals surface area (Å²) in [7, 11) is 0. The Hall–Kier alpha value is -1.26. The van der Waals surface area contributed by atoms with E-state index in [0.29, 0.717) is 5.92 Å². The predicted octanol–water partition coefficient (Wildman–Crippen LogP) is 3.39. The fraction of sp³-hybridized carbons (Fsp3) is 0.611. The number of carbonyl (C=O) groups is 1. The zero-order valence-electron chi connectivity index (χ0n) is 13.6. The predicted molar refractivity (Wildman–Crippen MR) is 91.7 cm³/mol. The number of nitrogens with zero attached hydrogens (tertiary/aromatic N) is 1. The number of aliphatic hydroxyl groups excluding tert-OH is 1. The highest BCUT2D eigenvalue weighted by molar-refractivity contribution is 6.30. The van der Waals surface area contributed by atoms with E-state index in [4.69, 9.17) is 11.6 Å². The van der Waals surface area contributed by atoms with Gasteiger partial charge in [-0.2, -0.15) is 0 Å². The molecule has 1 saturated carbocycles. The van der Waals surface area contributed by atoms with Crippen LogP contribution in [0.3, 0.4) is 0 Å². The van der Waals surface area contributed by atoms with Crippen LogP contribution in [-0.2, 0) is 0 Å². The Kier molecular flexibility index (Phi) is 4.83. The standard InChI is InChI=1S/C18H25ClN2O2/c1-2-18(12-22)6-8-21(9-7-18)17(23)20-16-11-15(16)13-4-3-5-14(19)10-13/h3-5,10,15-16,22H,2,6-9,11-12H2,1H3,(H,20,23). The topological polar surface area (TPSA) is 52.6 Å². The van der Waals surface area contributed by atoms with Crippen LogP contribution in [0.25, 0.3) is 0 Å². The van der Waals surface area contributed by atoms with Gasteiger partial charge in [0.1, 0.15) is 0 Å². The van der Waals surface area contributed by atoms with Gasteiger partial charge in [0, 0.05) is 36.7 Å². The Morgan fingerprint density at radius 3 is 2.78 bits per heavy atom. The molecule has 126 valence electrons. The van der Waals surface area contributed by atoms with Crippen molar-refractivity contribution in [3.8, 4) is 0 Å². The number of carbonyl (C=O) groups excluding carboxylic acids is 1. The van der Waals surface area contributed by atoms with Gasteiger partial charge in [-0.15, -0.1) is 0 Å². The molecule has 0 aromatic heterocycles. The number of likely N-dealkylation sites (tertiary alicyclic amines) is 1. The third-order valence-electron chi connectivity index (χ3n) is 5.57. The Morgan fingerprint density at radius 2 is 2.17 bits per heavy atom. The number of hydrogen-bond acceptors (Lipinski definition) is 2. The van der Waals surface area contributed by atoms with Crippen molar-refractivity contribution in [2.45, 2.75) is 44.6 Å². The summed E-state index contributed by atoms with van der Waals surface area (Å²) in [6, 6.07) is 8.13. The first-order valence-electron chi connectivity index (χ1n) is 8.49. The molecule has 2 aliphatic rings. The Balaban J connectivity index is 1.50. The maximum atomic E-state index is 12.4. The number of amides is 2. The summed E-state index contributed by atoms with van der Waals surface area (Å²) in [5, 5.41) is 13.5. The quantitative estimate of drug-likeness (QED) is 0.885. The van der Waals surface area contributed by atoms with Gasteiger partial charge in [0.25, 0.3) is 0 Å². The second kappa shape index (κ2) is 6.70. The number of hydrogen-bond donors (Lipinski definition) is 2. The van der Waals surface area contributed by atoms with Crippen molar-refractivity contribution in [2.75, 3.05) is 19.7 Å². The molecule has 1 aromatic carbocycles. The number of piperidine rings is 1. The molecule has 0 bridgehead atoms. The summed E-state index contributed by atoms with van der Waals surface area (Å²) in [4.78, 5) is 14.3.